The Bertz CT molecular complexity index is 2480. The third-order valence-electron chi connectivity index (χ3n) is 12.3. The summed E-state index contributed by atoms with van der Waals surface area (Å²) in [5.74, 6) is 1.58. The van der Waals surface area contributed by atoms with Crippen molar-refractivity contribution in [3.05, 3.63) is 66.0 Å². The van der Waals surface area contributed by atoms with Crippen molar-refractivity contribution in [2.45, 2.75) is 97.0 Å². The largest absolute Gasteiger partial charge is 0.482 e. The van der Waals surface area contributed by atoms with Gasteiger partial charge in [0.25, 0.3) is 0 Å². The van der Waals surface area contributed by atoms with Crippen LogP contribution in [0.15, 0.2) is 48.8 Å². The van der Waals surface area contributed by atoms with E-state index >= 15 is 0 Å². The van der Waals surface area contributed by atoms with Crippen LogP contribution in [0.2, 0.25) is 0 Å². The van der Waals surface area contributed by atoms with Crippen molar-refractivity contribution in [3.63, 3.8) is 0 Å². The summed E-state index contributed by atoms with van der Waals surface area (Å²) in [6.45, 7) is 12.9. The zero-order chi connectivity index (χ0) is 43.3. The molecule has 5 aromatic rings. The van der Waals surface area contributed by atoms with Crippen LogP contribution in [-0.4, -0.2) is 98.1 Å². The molecule has 0 radical (unpaired) electrons. The van der Waals surface area contributed by atoms with Gasteiger partial charge in [-0.05, 0) is 75.6 Å². The first-order chi connectivity index (χ1) is 29.2. The number of hydrogen-bond donors (Lipinski definition) is 5. The number of imidazole rings is 2. The molecule has 322 valence electrons. The molecule has 0 aliphatic carbocycles. The number of fused-ring (bicyclic) bond motifs is 5. The highest BCUT2D eigenvalue weighted by molar-refractivity contribution is 5.96. The zero-order valence-corrected chi connectivity index (χ0v) is 36.0. The minimum Gasteiger partial charge on any atom is -0.482 e. The maximum atomic E-state index is 13.7. The summed E-state index contributed by atoms with van der Waals surface area (Å²) >= 11 is 0. The molecule has 5 N–H and O–H groups in total. The van der Waals surface area contributed by atoms with E-state index in [1.165, 1.54) is 14.2 Å². The van der Waals surface area contributed by atoms with E-state index in [0.29, 0.717) is 24.7 Å². The fraction of sp³-hybridized carbons (Fsp3) is 0.467. The van der Waals surface area contributed by atoms with Crippen molar-refractivity contribution in [2.24, 2.45) is 11.8 Å². The van der Waals surface area contributed by atoms with Gasteiger partial charge in [-0.15, -0.1) is 0 Å². The monoisotopic (exact) mass is 833 g/mol. The number of amides is 4. The van der Waals surface area contributed by atoms with Crippen LogP contribution in [0.4, 0.5) is 9.59 Å². The van der Waals surface area contributed by atoms with E-state index in [9.17, 15) is 19.2 Å². The summed E-state index contributed by atoms with van der Waals surface area (Å²) in [6.07, 6.45) is 5.52. The summed E-state index contributed by atoms with van der Waals surface area (Å²) in [4.78, 5) is 75.3. The van der Waals surface area contributed by atoms with Gasteiger partial charge in [0.1, 0.15) is 35.1 Å². The molecule has 16 heteroatoms. The highest BCUT2D eigenvalue weighted by Crippen LogP contribution is 2.49. The van der Waals surface area contributed by atoms with Gasteiger partial charge >= 0.3 is 12.2 Å². The van der Waals surface area contributed by atoms with Crippen LogP contribution in [-0.2, 0) is 24.7 Å². The number of aromatic amines is 3. The molecule has 0 unspecified atom stereocenters. The van der Waals surface area contributed by atoms with Gasteiger partial charge in [-0.2, -0.15) is 0 Å². The van der Waals surface area contributed by atoms with Crippen molar-refractivity contribution in [3.8, 4) is 39.5 Å². The van der Waals surface area contributed by atoms with E-state index in [4.69, 9.17) is 24.2 Å². The van der Waals surface area contributed by atoms with Gasteiger partial charge in [0.05, 0.1) is 55.8 Å². The Morgan fingerprint density at radius 1 is 0.754 bits per heavy atom. The molecule has 6 heterocycles. The smallest absolute Gasteiger partial charge is 0.407 e. The molecule has 4 atom stereocenters. The normalized spacial score (nSPS) is 19.0. The summed E-state index contributed by atoms with van der Waals surface area (Å²) in [5.41, 5.74) is 6.75. The van der Waals surface area contributed by atoms with Crippen molar-refractivity contribution in [2.75, 3.05) is 27.3 Å². The number of nitrogens with zero attached hydrogens (tertiary/aromatic N) is 4. The second kappa shape index (κ2) is 16.3. The van der Waals surface area contributed by atoms with Gasteiger partial charge in [0, 0.05) is 46.2 Å². The molecule has 0 saturated carbocycles. The molecule has 0 spiro atoms. The number of H-pyrrole nitrogens is 3. The number of rotatable bonds is 10. The highest BCUT2D eigenvalue weighted by atomic mass is 16.5. The molecule has 3 aliphatic heterocycles. The number of ether oxygens (including phenoxy) is 3. The molecule has 4 amide bonds. The zero-order valence-electron chi connectivity index (χ0n) is 36.0. The van der Waals surface area contributed by atoms with E-state index in [1.54, 1.807) is 11.1 Å². The third-order valence-corrected chi connectivity index (χ3v) is 12.3. The minimum atomic E-state index is -0.711. The van der Waals surface area contributed by atoms with E-state index in [0.717, 1.165) is 81.7 Å². The first-order valence-corrected chi connectivity index (χ1v) is 21.1. The van der Waals surface area contributed by atoms with Crippen molar-refractivity contribution < 1.29 is 33.4 Å². The average molecular weight is 834 g/mol. The van der Waals surface area contributed by atoms with Crippen LogP contribution in [0.25, 0.3) is 44.7 Å². The fourth-order valence-electron chi connectivity index (χ4n) is 9.18. The first kappa shape index (κ1) is 41.4. The molecule has 3 aliphatic rings. The topological polar surface area (TPSA) is 200 Å². The van der Waals surface area contributed by atoms with Gasteiger partial charge in [0.15, 0.2) is 0 Å². The average Bonchev–Trinajstić information content (AvgIpc) is 4.09. The number of hydrogen-bond acceptors (Lipinski definition) is 9. The standard InChI is InChI=1S/C45H55N9O7/c1-23(2)36(51-43(57)59-7)41(55)53-17-9-11-32(53)39-46-21-30(49-39)25-14-16-29-28(19-25)35-38(48-29)27-15-13-26(20-34(27)61-45(35,5)6)31-22-47-40(50-31)33-12-10-18-54(33)42(56)37(24(3)4)52-44(58)60-8/h13-16,19-24,32-33,36-37,48H,9-12,17-18H2,1-8H3,(H,46,49)(H,47,50)(H,51,57)(H,52,58)/t32-,33-,36-,37-/m0/s1. The lowest BCUT2D eigenvalue weighted by atomic mass is 9.88. The molecule has 61 heavy (non-hydrogen) atoms. The third kappa shape index (κ3) is 7.67. The first-order valence-electron chi connectivity index (χ1n) is 21.1. The second-order valence-corrected chi connectivity index (χ2v) is 17.4. The van der Waals surface area contributed by atoms with Gasteiger partial charge in [-0.3, -0.25) is 9.59 Å². The molecule has 2 saturated heterocycles. The van der Waals surface area contributed by atoms with Crippen LogP contribution in [0.5, 0.6) is 5.75 Å². The summed E-state index contributed by atoms with van der Waals surface area (Å²) < 4.78 is 16.4. The molecule has 2 aromatic carbocycles. The number of methoxy groups -OCH3 is 2. The number of nitrogens with one attached hydrogen (secondary N) is 5. The Kier molecular flexibility index (Phi) is 11.0. The molecule has 16 nitrogen and oxygen atoms in total. The Balaban J connectivity index is 1.03. The van der Waals surface area contributed by atoms with E-state index in [-0.39, 0.29) is 35.7 Å². The number of carbonyl (C=O) groups is 4. The lowest BCUT2D eigenvalue weighted by Crippen LogP contribution is -2.51. The van der Waals surface area contributed by atoms with Crippen LogP contribution in [0.3, 0.4) is 0 Å². The maximum Gasteiger partial charge on any atom is 0.407 e. The number of benzene rings is 2. The molecule has 0 bridgehead atoms. The van der Waals surface area contributed by atoms with Crippen LogP contribution >= 0.6 is 0 Å². The predicted octanol–water partition coefficient (Wildman–Crippen LogP) is 7.33. The highest BCUT2D eigenvalue weighted by Gasteiger charge is 2.40. The van der Waals surface area contributed by atoms with Crippen molar-refractivity contribution >= 4 is 34.9 Å². The maximum absolute atomic E-state index is 13.7. The summed E-state index contributed by atoms with van der Waals surface area (Å²) in [5, 5.41) is 6.45. The Morgan fingerprint density at radius 2 is 1.26 bits per heavy atom. The van der Waals surface area contributed by atoms with Crippen molar-refractivity contribution in [1.82, 2.24) is 45.4 Å². The van der Waals surface area contributed by atoms with E-state index in [1.807, 2.05) is 50.9 Å². The summed E-state index contributed by atoms with van der Waals surface area (Å²) in [7, 11) is 2.58. The molecule has 8 rings (SSSR count). The van der Waals surface area contributed by atoms with E-state index < -0.39 is 29.9 Å². The number of likely N-dealkylation sites (tertiary alicyclic amines) is 2. The van der Waals surface area contributed by atoms with Crippen LogP contribution in [0, 0.1) is 11.8 Å². The number of aromatic nitrogens is 5. The second-order valence-electron chi connectivity index (χ2n) is 17.4. The number of carbonyl (C=O) groups excluding carboxylic acids is 4. The Labute approximate surface area is 354 Å². The van der Waals surface area contributed by atoms with Crippen LogP contribution < -0.4 is 15.4 Å². The van der Waals surface area contributed by atoms with Crippen LogP contribution in [0.1, 0.15) is 96.5 Å². The lowest BCUT2D eigenvalue weighted by Gasteiger charge is -2.33. The number of alkyl carbamates (subject to hydrolysis) is 2. The van der Waals surface area contributed by atoms with Gasteiger partial charge in [0.2, 0.25) is 11.8 Å². The molecular formula is C45H55N9O7. The SMILES string of the molecule is COC(=O)N[C@H](C(=O)N1CCC[C@H]1c1ncc(-c2ccc3c(c2)OC(C)(C)c2c-3[nH]c3ccc(-c4cnc([C@@H]5CCCN5C(=O)[C@@H](NC(=O)OC)C(C)C)[nH]4)cc23)[nH]1)C(C)C. The minimum absolute atomic E-state index is 0.123. The lowest BCUT2D eigenvalue weighted by molar-refractivity contribution is -0.136. The van der Waals surface area contributed by atoms with Gasteiger partial charge in [-0.1, -0.05) is 39.8 Å². The molecule has 3 aromatic heterocycles. The Morgan fingerprint density at radius 3 is 1.77 bits per heavy atom. The van der Waals surface area contributed by atoms with Gasteiger partial charge < -0.3 is 49.6 Å². The predicted molar refractivity (Wildman–Crippen MR) is 228 cm³/mol. The van der Waals surface area contributed by atoms with Crippen molar-refractivity contribution in [1.29, 1.82) is 0 Å². The Hall–Kier alpha value is -6.32. The van der Waals surface area contributed by atoms with Gasteiger partial charge in [-0.25, -0.2) is 19.6 Å². The summed E-state index contributed by atoms with van der Waals surface area (Å²) in [6, 6.07) is 10.5. The molecule has 2 fully saturated rings. The fourth-order valence-corrected chi connectivity index (χ4v) is 9.18. The van der Waals surface area contributed by atoms with E-state index in [2.05, 4.69) is 63.7 Å². The quantitative estimate of drug-likeness (QED) is 0.0956. The molecular weight excluding hydrogens is 779 g/mol.